The quantitative estimate of drug-likeness (QED) is 0.812. The number of methoxy groups -OCH3 is 2. The minimum atomic E-state index is -0.252. The third-order valence-corrected chi connectivity index (χ3v) is 3.98. The van der Waals surface area contributed by atoms with Gasteiger partial charge in [0.25, 0.3) is 5.91 Å². The average molecular weight is 322 g/mol. The van der Waals surface area contributed by atoms with E-state index in [-0.39, 0.29) is 30.4 Å². The van der Waals surface area contributed by atoms with Crippen LogP contribution in [0, 0.1) is 5.92 Å². The lowest BCUT2D eigenvalue weighted by atomic mass is 10.1. The maximum atomic E-state index is 12.8. The fourth-order valence-corrected chi connectivity index (χ4v) is 2.87. The van der Waals surface area contributed by atoms with Crippen molar-refractivity contribution in [1.29, 1.82) is 0 Å². The Morgan fingerprint density at radius 2 is 2.04 bits per heavy atom. The number of hydrogen-bond acceptors (Lipinski definition) is 5. The summed E-state index contributed by atoms with van der Waals surface area (Å²) in [4.78, 5) is 25.7. The molecule has 23 heavy (non-hydrogen) atoms. The zero-order valence-corrected chi connectivity index (χ0v) is 13.5. The van der Waals surface area contributed by atoms with E-state index in [0.717, 1.165) is 0 Å². The number of aliphatic hydroxyl groups excluding tert-OH is 1. The lowest BCUT2D eigenvalue weighted by molar-refractivity contribution is -0.119. The highest BCUT2D eigenvalue weighted by atomic mass is 16.5. The van der Waals surface area contributed by atoms with E-state index < -0.39 is 0 Å². The number of amides is 2. The largest absolute Gasteiger partial charge is 0.493 e. The number of likely N-dealkylation sites (tertiary alicyclic amines) is 1. The molecule has 1 fully saturated rings. The minimum absolute atomic E-state index is 0.0933. The second-order valence-corrected chi connectivity index (χ2v) is 5.50. The van der Waals surface area contributed by atoms with Gasteiger partial charge in [-0.05, 0) is 12.1 Å². The van der Waals surface area contributed by atoms with Crippen molar-refractivity contribution in [3.63, 3.8) is 0 Å². The van der Waals surface area contributed by atoms with Crippen LogP contribution >= 0.6 is 0 Å². The van der Waals surface area contributed by atoms with Crippen LogP contribution in [-0.4, -0.2) is 61.8 Å². The summed E-state index contributed by atoms with van der Waals surface area (Å²) in [5.41, 5.74) is 0.395. The highest BCUT2D eigenvalue weighted by molar-refractivity contribution is 5.98. The third-order valence-electron chi connectivity index (χ3n) is 3.98. The summed E-state index contributed by atoms with van der Waals surface area (Å²) in [6.07, 6.45) is 0. The Morgan fingerprint density at radius 1 is 1.30 bits per heavy atom. The van der Waals surface area contributed by atoms with E-state index in [1.54, 1.807) is 23.1 Å². The molecule has 0 spiro atoms. The van der Waals surface area contributed by atoms with E-state index in [0.29, 0.717) is 30.2 Å². The molecule has 2 unspecified atom stereocenters. The number of carbonyl (C=O) groups is 2. The summed E-state index contributed by atoms with van der Waals surface area (Å²) in [7, 11) is 2.99. The maximum absolute atomic E-state index is 12.8. The van der Waals surface area contributed by atoms with Gasteiger partial charge in [-0.3, -0.25) is 9.59 Å². The molecule has 0 radical (unpaired) electrons. The Balaban J connectivity index is 2.23. The fraction of sp³-hybridized carbons (Fsp3) is 0.500. The number of aliphatic hydroxyl groups is 1. The zero-order valence-electron chi connectivity index (χ0n) is 13.5. The molecule has 1 heterocycles. The van der Waals surface area contributed by atoms with Crippen LogP contribution < -0.4 is 14.8 Å². The molecule has 2 rings (SSSR count). The van der Waals surface area contributed by atoms with Crippen LogP contribution in [0.1, 0.15) is 17.3 Å². The first-order valence-electron chi connectivity index (χ1n) is 7.40. The second-order valence-electron chi connectivity index (χ2n) is 5.50. The van der Waals surface area contributed by atoms with Crippen LogP contribution in [0.4, 0.5) is 0 Å². The third kappa shape index (κ3) is 3.56. The average Bonchev–Trinajstić information content (AvgIpc) is 2.95. The molecule has 2 amide bonds. The van der Waals surface area contributed by atoms with Crippen LogP contribution in [0.15, 0.2) is 18.2 Å². The summed E-state index contributed by atoms with van der Waals surface area (Å²) in [6.45, 7) is 2.05. The molecule has 0 aromatic heterocycles. The summed E-state index contributed by atoms with van der Waals surface area (Å²) >= 11 is 0. The Morgan fingerprint density at radius 3 is 2.61 bits per heavy atom. The van der Waals surface area contributed by atoms with E-state index in [9.17, 15) is 14.7 Å². The zero-order chi connectivity index (χ0) is 17.0. The number of hydrogen-bond donors (Lipinski definition) is 2. The molecule has 1 saturated heterocycles. The van der Waals surface area contributed by atoms with Gasteiger partial charge in [-0.2, -0.15) is 0 Å². The molecular formula is C16H22N2O5. The van der Waals surface area contributed by atoms with Crippen LogP contribution in [0.3, 0.4) is 0 Å². The first-order chi connectivity index (χ1) is 11.0. The van der Waals surface area contributed by atoms with E-state index >= 15 is 0 Å². The molecule has 0 bridgehead atoms. The van der Waals surface area contributed by atoms with Crippen LogP contribution in [0.2, 0.25) is 0 Å². The predicted octanol–water partition coefficient (Wildman–Crippen LogP) is 0.273. The molecule has 1 aromatic rings. The molecule has 1 aromatic carbocycles. The van der Waals surface area contributed by atoms with Gasteiger partial charge in [0.1, 0.15) is 0 Å². The van der Waals surface area contributed by atoms with Gasteiger partial charge in [0.15, 0.2) is 11.5 Å². The van der Waals surface area contributed by atoms with Crippen molar-refractivity contribution < 1.29 is 24.2 Å². The molecule has 0 saturated carbocycles. The first kappa shape index (κ1) is 17.1. The van der Waals surface area contributed by atoms with Gasteiger partial charge < -0.3 is 24.8 Å². The number of benzene rings is 1. The van der Waals surface area contributed by atoms with Crippen molar-refractivity contribution in [1.82, 2.24) is 10.2 Å². The highest BCUT2D eigenvalue weighted by Gasteiger charge is 2.36. The Kier molecular flexibility index (Phi) is 5.44. The molecule has 2 N–H and O–H groups in total. The SMILES string of the molecule is COc1cccc(C(=O)N2CC(CO)C(NC(C)=O)C2)c1OC. The topological polar surface area (TPSA) is 88.1 Å². The number of nitrogens with one attached hydrogen (secondary N) is 1. The Hall–Kier alpha value is -2.28. The lowest BCUT2D eigenvalue weighted by Crippen LogP contribution is -2.40. The summed E-state index contributed by atoms with van der Waals surface area (Å²) in [5, 5.41) is 12.2. The molecule has 7 heteroatoms. The fourth-order valence-electron chi connectivity index (χ4n) is 2.87. The van der Waals surface area contributed by atoms with Gasteiger partial charge in [0.05, 0.1) is 25.8 Å². The van der Waals surface area contributed by atoms with E-state index in [4.69, 9.17) is 9.47 Å². The number of para-hydroxylation sites is 1. The van der Waals surface area contributed by atoms with Crippen molar-refractivity contribution >= 4 is 11.8 Å². The van der Waals surface area contributed by atoms with Gasteiger partial charge in [-0.1, -0.05) is 6.07 Å². The molecular weight excluding hydrogens is 300 g/mol. The van der Waals surface area contributed by atoms with Gasteiger partial charge >= 0.3 is 0 Å². The van der Waals surface area contributed by atoms with E-state index in [1.807, 2.05) is 0 Å². The normalized spacial score (nSPS) is 20.3. The maximum Gasteiger partial charge on any atom is 0.257 e. The van der Waals surface area contributed by atoms with Crippen molar-refractivity contribution in [2.24, 2.45) is 5.92 Å². The summed E-state index contributed by atoms with van der Waals surface area (Å²) in [6, 6.07) is 4.86. The van der Waals surface area contributed by atoms with Crippen LogP contribution in [0.5, 0.6) is 11.5 Å². The van der Waals surface area contributed by atoms with Crippen molar-refractivity contribution in [2.45, 2.75) is 13.0 Å². The minimum Gasteiger partial charge on any atom is -0.493 e. The summed E-state index contributed by atoms with van der Waals surface area (Å²) in [5.74, 6) is 0.284. The van der Waals surface area contributed by atoms with Gasteiger partial charge in [-0.25, -0.2) is 0 Å². The lowest BCUT2D eigenvalue weighted by Gasteiger charge is -2.19. The smallest absolute Gasteiger partial charge is 0.257 e. The van der Waals surface area contributed by atoms with Crippen molar-refractivity contribution in [3.8, 4) is 11.5 Å². The number of nitrogens with zero attached hydrogens (tertiary/aromatic N) is 1. The second kappa shape index (κ2) is 7.32. The Labute approximate surface area is 135 Å². The van der Waals surface area contributed by atoms with Gasteiger partial charge in [-0.15, -0.1) is 0 Å². The van der Waals surface area contributed by atoms with E-state index in [1.165, 1.54) is 21.1 Å². The number of ether oxygens (including phenoxy) is 2. The summed E-state index contributed by atoms with van der Waals surface area (Å²) < 4.78 is 10.5. The predicted molar refractivity (Wildman–Crippen MR) is 83.6 cm³/mol. The van der Waals surface area contributed by atoms with Crippen molar-refractivity contribution in [2.75, 3.05) is 33.9 Å². The molecule has 0 aliphatic carbocycles. The number of carbonyl (C=O) groups excluding carboxylic acids is 2. The molecule has 7 nitrogen and oxygen atoms in total. The molecule has 1 aliphatic heterocycles. The highest BCUT2D eigenvalue weighted by Crippen LogP contribution is 2.32. The van der Waals surface area contributed by atoms with Crippen LogP contribution in [0.25, 0.3) is 0 Å². The molecule has 1 aliphatic rings. The van der Waals surface area contributed by atoms with E-state index in [2.05, 4.69) is 5.32 Å². The van der Waals surface area contributed by atoms with Gasteiger partial charge in [0, 0.05) is 32.5 Å². The number of rotatable bonds is 5. The monoisotopic (exact) mass is 322 g/mol. The Bertz CT molecular complexity index is 590. The molecule has 126 valence electrons. The first-order valence-corrected chi connectivity index (χ1v) is 7.40. The van der Waals surface area contributed by atoms with Crippen molar-refractivity contribution in [3.05, 3.63) is 23.8 Å². The van der Waals surface area contributed by atoms with Crippen LogP contribution in [-0.2, 0) is 4.79 Å². The molecule has 2 atom stereocenters. The standard InChI is InChI=1S/C16H22N2O5/c1-10(20)17-13-8-18(7-11(13)9-19)16(21)12-5-4-6-14(22-2)15(12)23-3/h4-6,11,13,19H,7-9H2,1-3H3,(H,17,20). The van der Waals surface area contributed by atoms with Gasteiger partial charge in [0.2, 0.25) is 5.91 Å².